The van der Waals surface area contributed by atoms with E-state index in [1.165, 1.54) is 0 Å². The molecule has 1 aliphatic heterocycles. The summed E-state index contributed by atoms with van der Waals surface area (Å²) in [6.07, 6.45) is -0.634. The van der Waals surface area contributed by atoms with E-state index in [9.17, 15) is 9.59 Å². The fourth-order valence-corrected chi connectivity index (χ4v) is 1.68. The Bertz CT molecular complexity index is 485. The molecule has 0 saturated carbocycles. The number of carbonyl (C=O) groups is 2. The molecule has 1 atom stereocenters. The highest BCUT2D eigenvalue weighted by Gasteiger charge is 2.22. The van der Waals surface area contributed by atoms with E-state index in [1.807, 2.05) is 24.3 Å². The minimum atomic E-state index is -1.10. The zero-order chi connectivity index (χ0) is 15.1. The molecule has 0 spiro atoms. The maximum Gasteiger partial charge on any atom is 0.404 e. The standard InChI is InChI=1S/C14H18N2O5/c17-13(15-5-6-16-14(18)19)7-10-1-3-11(4-2-10)20-8-12-9-21-12/h1-4,12,16H,5-9H2,(H,15,17)(H,18,19)/t12-/m1/s1. The SMILES string of the molecule is O=C(O)NCCNC(=O)Cc1ccc(OC[C@@H]2CO2)cc1. The second kappa shape index (κ2) is 7.49. The number of carboxylic acid groups (broad SMARTS) is 1. The van der Waals surface area contributed by atoms with Crippen LogP contribution in [0.4, 0.5) is 4.79 Å². The van der Waals surface area contributed by atoms with Crippen molar-refractivity contribution in [2.24, 2.45) is 0 Å². The molecule has 1 fully saturated rings. The largest absolute Gasteiger partial charge is 0.491 e. The molecular weight excluding hydrogens is 276 g/mol. The summed E-state index contributed by atoms with van der Waals surface area (Å²) in [7, 11) is 0. The number of carbonyl (C=O) groups excluding carboxylic acids is 1. The number of nitrogens with one attached hydrogen (secondary N) is 2. The number of ether oxygens (including phenoxy) is 2. The highest BCUT2D eigenvalue weighted by atomic mass is 16.6. The van der Waals surface area contributed by atoms with Gasteiger partial charge in [-0.25, -0.2) is 4.79 Å². The summed E-state index contributed by atoms with van der Waals surface area (Å²) in [5.74, 6) is 0.600. The first-order valence-electron chi connectivity index (χ1n) is 6.70. The van der Waals surface area contributed by atoms with Gasteiger partial charge in [-0.15, -0.1) is 0 Å². The Hall–Kier alpha value is -2.28. The molecule has 3 N–H and O–H groups in total. The van der Waals surface area contributed by atoms with Gasteiger partial charge in [-0.05, 0) is 17.7 Å². The molecule has 7 heteroatoms. The van der Waals surface area contributed by atoms with E-state index in [4.69, 9.17) is 14.6 Å². The first kappa shape index (κ1) is 15.1. The Balaban J connectivity index is 1.66. The van der Waals surface area contributed by atoms with Crippen molar-refractivity contribution in [3.63, 3.8) is 0 Å². The van der Waals surface area contributed by atoms with Crippen LogP contribution < -0.4 is 15.4 Å². The number of epoxide rings is 1. The second-order valence-corrected chi connectivity index (χ2v) is 4.67. The molecule has 114 valence electrons. The molecule has 2 amide bonds. The van der Waals surface area contributed by atoms with Crippen LogP contribution in [-0.4, -0.2) is 49.5 Å². The molecule has 7 nitrogen and oxygen atoms in total. The number of amides is 2. The van der Waals surface area contributed by atoms with E-state index in [1.54, 1.807) is 0 Å². The predicted molar refractivity (Wildman–Crippen MR) is 74.4 cm³/mol. The first-order valence-corrected chi connectivity index (χ1v) is 6.70. The van der Waals surface area contributed by atoms with Crippen LogP contribution in [0, 0.1) is 0 Å². The fourth-order valence-electron chi connectivity index (χ4n) is 1.68. The second-order valence-electron chi connectivity index (χ2n) is 4.67. The first-order chi connectivity index (χ1) is 10.1. The van der Waals surface area contributed by atoms with Crippen molar-refractivity contribution in [2.75, 3.05) is 26.3 Å². The predicted octanol–water partition coefficient (Wildman–Crippen LogP) is 0.391. The molecule has 0 unspecified atom stereocenters. The molecule has 1 aliphatic rings. The lowest BCUT2D eigenvalue weighted by Crippen LogP contribution is -2.34. The average Bonchev–Trinajstić information content (AvgIpc) is 3.27. The van der Waals surface area contributed by atoms with Gasteiger partial charge in [-0.2, -0.15) is 0 Å². The van der Waals surface area contributed by atoms with E-state index < -0.39 is 6.09 Å². The number of hydrogen-bond donors (Lipinski definition) is 3. The molecule has 1 aromatic carbocycles. The Morgan fingerprint density at radius 3 is 2.52 bits per heavy atom. The van der Waals surface area contributed by atoms with Gasteiger partial charge in [-0.3, -0.25) is 4.79 Å². The van der Waals surface area contributed by atoms with Crippen LogP contribution in [0.3, 0.4) is 0 Å². The third-order valence-electron chi connectivity index (χ3n) is 2.85. The number of hydrogen-bond acceptors (Lipinski definition) is 4. The van der Waals surface area contributed by atoms with Crippen molar-refractivity contribution in [2.45, 2.75) is 12.5 Å². The quantitative estimate of drug-likeness (QED) is 0.476. The number of benzene rings is 1. The molecule has 1 heterocycles. The Morgan fingerprint density at radius 2 is 1.90 bits per heavy atom. The molecule has 1 aromatic rings. The van der Waals surface area contributed by atoms with E-state index >= 15 is 0 Å². The van der Waals surface area contributed by atoms with Crippen LogP contribution in [0.5, 0.6) is 5.75 Å². The van der Waals surface area contributed by atoms with E-state index in [0.717, 1.165) is 17.9 Å². The minimum Gasteiger partial charge on any atom is -0.491 e. The van der Waals surface area contributed by atoms with Crippen molar-refractivity contribution in [3.05, 3.63) is 29.8 Å². The summed E-state index contributed by atoms with van der Waals surface area (Å²) in [4.78, 5) is 21.9. The van der Waals surface area contributed by atoms with Crippen LogP contribution in [0.15, 0.2) is 24.3 Å². The normalized spacial score (nSPS) is 16.1. The van der Waals surface area contributed by atoms with Crippen LogP contribution in [0.1, 0.15) is 5.56 Å². The van der Waals surface area contributed by atoms with Gasteiger partial charge in [0.25, 0.3) is 0 Å². The smallest absolute Gasteiger partial charge is 0.404 e. The topological polar surface area (TPSA) is 100 Å². The van der Waals surface area contributed by atoms with Gasteiger partial charge >= 0.3 is 6.09 Å². The van der Waals surface area contributed by atoms with Crippen molar-refractivity contribution < 1.29 is 24.2 Å². The zero-order valence-corrected chi connectivity index (χ0v) is 11.5. The maximum absolute atomic E-state index is 11.6. The van der Waals surface area contributed by atoms with Gasteiger partial charge in [-0.1, -0.05) is 12.1 Å². The van der Waals surface area contributed by atoms with Gasteiger partial charge in [0, 0.05) is 13.1 Å². The third kappa shape index (κ3) is 6.13. The zero-order valence-electron chi connectivity index (χ0n) is 11.5. The summed E-state index contributed by atoms with van der Waals surface area (Å²) in [6, 6.07) is 7.30. The Kier molecular flexibility index (Phi) is 5.39. The van der Waals surface area contributed by atoms with Gasteiger partial charge < -0.3 is 25.2 Å². The lowest BCUT2D eigenvalue weighted by molar-refractivity contribution is -0.120. The monoisotopic (exact) mass is 294 g/mol. The molecule has 0 radical (unpaired) electrons. The van der Waals surface area contributed by atoms with E-state index in [-0.39, 0.29) is 31.5 Å². The Morgan fingerprint density at radius 1 is 1.24 bits per heavy atom. The van der Waals surface area contributed by atoms with E-state index in [2.05, 4.69) is 10.6 Å². The third-order valence-corrected chi connectivity index (χ3v) is 2.85. The highest BCUT2D eigenvalue weighted by Crippen LogP contribution is 2.16. The number of rotatable bonds is 8. The summed E-state index contributed by atoms with van der Waals surface area (Å²) in [6.45, 7) is 1.77. The summed E-state index contributed by atoms with van der Waals surface area (Å²) in [5, 5.41) is 13.2. The lowest BCUT2D eigenvalue weighted by Gasteiger charge is -2.07. The van der Waals surface area contributed by atoms with Crippen molar-refractivity contribution in [1.29, 1.82) is 0 Å². The highest BCUT2D eigenvalue weighted by molar-refractivity contribution is 5.78. The summed E-state index contributed by atoms with van der Waals surface area (Å²) in [5.41, 5.74) is 0.869. The maximum atomic E-state index is 11.6. The van der Waals surface area contributed by atoms with Gasteiger partial charge in [0.1, 0.15) is 18.5 Å². The van der Waals surface area contributed by atoms with Crippen LogP contribution in [-0.2, 0) is 16.0 Å². The molecule has 0 aromatic heterocycles. The molecular formula is C14H18N2O5. The molecule has 0 bridgehead atoms. The lowest BCUT2D eigenvalue weighted by atomic mass is 10.1. The van der Waals surface area contributed by atoms with Crippen LogP contribution >= 0.6 is 0 Å². The van der Waals surface area contributed by atoms with Crippen molar-refractivity contribution in [1.82, 2.24) is 10.6 Å². The Labute approximate surface area is 122 Å². The van der Waals surface area contributed by atoms with Crippen LogP contribution in [0.2, 0.25) is 0 Å². The average molecular weight is 294 g/mol. The van der Waals surface area contributed by atoms with Crippen molar-refractivity contribution in [3.8, 4) is 5.75 Å². The fraction of sp³-hybridized carbons (Fsp3) is 0.429. The van der Waals surface area contributed by atoms with Gasteiger partial charge in [0.2, 0.25) is 5.91 Å². The molecule has 1 saturated heterocycles. The van der Waals surface area contributed by atoms with Crippen LogP contribution in [0.25, 0.3) is 0 Å². The van der Waals surface area contributed by atoms with Gasteiger partial charge in [0.05, 0.1) is 13.0 Å². The summed E-state index contributed by atoms with van der Waals surface area (Å²) < 4.78 is 10.6. The van der Waals surface area contributed by atoms with Crippen molar-refractivity contribution >= 4 is 12.0 Å². The molecule has 21 heavy (non-hydrogen) atoms. The summed E-state index contributed by atoms with van der Waals surface area (Å²) >= 11 is 0. The molecule has 2 rings (SSSR count). The van der Waals surface area contributed by atoms with Gasteiger partial charge in [0.15, 0.2) is 0 Å². The minimum absolute atomic E-state index is 0.151. The molecule has 0 aliphatic carbocycles. The van der Waals surface area contributed by atoms with E-state index in [0.29, 0.717) is 6.61 Å².